The third-order valence-electron chi connectivity index (χ3n) is 3.52. The summed E-state index contributed by atoms with van der Waals surface area (Å²) in [6.07, 6.45) is 0. The Labute approximate surface area is 136 Å². The number of hydrogen-bond acceptors (Lipinski definition) is 5. The molecule has 1 aromatic rings. The number of hydrogen-bond donors (Lipinski definition) is 2. The Kier molecular flexibility index (Phi) is 6.15. The molecule has 0 amide bonds. The number of methoxy groups -OCH3 is 1. The minimum Gasteiger partial charge on any atom is -0.497 e. The van der Waals surface area contributed by atoms with Crippen molar-refractivity contribution in [3.05, 3.63) is 29.8 Å². The first-order valence-corrected chi connectivity index (χ1v) is 7.42. The third kappa shape index (κ3) is 5.25. The number of benzene rings is 1. The minimum absolute atomic E-state index is 0.616. The van der Waals surface area contributed by atoms with Crippen molar-refractivity contribution in [2.24, 2.45) is 17.6 Å². The predicted molar refractivity (Wildman–Crippen MR) is 86.1 cm³/mol. The van der Waals surface area contributed by atoms with Gasteiger partial charge in [-0.3, -0.25) is 9.59 Å². The summed E-state index contributed by atoms with van der Waals surface area (Å²) in [7, 11) is 1.56. The van der Waals surface area contributed by atoms with Gasteiger partial charge in [0.2, 0.25) is 0 Å². The summed E-state index contributed by atoms with van der Waals surface area (Å²) in [6, 6.07) is 6.38. The van der Waals surface area contributed by atoms with Gasteiger partial charge in [0.25, 0.3) is 0 Å². The van der Waals surface area contributed by atoms with Crippen molar-refractivity contribution < 1.29 is 24.2 Å². The Morgan fingerprint density at radius 1 is 1.17 bits per heavy atom. The average molecular weight is 323 g/mol. The topological polar surface area (TPSA) is 98.9 Å². The van der Waals surface area contributed by atoms with E-state index in [1.807, 2.05) is 0 Å². The molecular weight excluding hydrogens is 298 g/mol. The smallest absolute Gasteiger partial charge is 0.321 e. The second-order valence-corrected chi connectivity index (χ2v) is 6.51. The molecule has 0 spiro atoms. The lowest BCUT2D eigenvalue weighted by Crippen LogP contribution is -2.40. The van der Waals surface area contributed by atoms with Gasteiger partial charge in [-0.15, -0.1) is 0 Å². The molecule has 0 aromatic heterocycles. The molecule has 6 nitrogen and oxygen atoms in total. The second-order valence-electron chi connectivity index (χ2n) is 6.51. The fraction of sp³-hybridized carbons (Fsp3) is 0.529. The Bertz CT molecular complexity index is 547. The molecule has 0 saturated heterocycles. The Hall–Kier alpha value is -2.08. The van der Waals surface area contributed by atoms with Crippen molar-refractivity contribution >= 4 is 11.9 Å². The lowest BCUT2D eigenvalue weighted by Gasteiger charge is -2.28. The van der Waals surface area contributed by atoms with Crippen molar-refractivity contribution in [1.82, 2.24) is 0 Å². The summed E-state index contributed by atoms with van der Waals surface area (Å²) in [5.74, 6) is -3.30. The molecule has 0 aliphatic heterocycles. The number of carboxylic acids is 1. The number of carboxylic acid groups (broad SMARTS) is 1. The van der Waals surface area contributed by atoms with Crippen LogP contribution in [0.1, 0.15) is 39.3 Å². The van der Waals surface area contributed by atoms with Crippen molar-refractivity contribution in [1.29, 1.82) is 0 Å². The molecule has 3 N–H and O–H groups in total. The molecule has 0 radical (unpaired) electrons. The first-order chi connectivity index (χ1) is 10.6. The lowest BCUT2D eigenvalue weighted by molar-refractivity contribution is -0.169. The molecule has 6 heteroatoms. The number of nitrogens with two attached hydrogens (primary N) is 1. The maximum Gasteiger partial charge on any atom is 0.321 e. The van der Waals surface area contributed by atoms with Gasteiger partial charge in [0.05, 0.1) is 7.11 Å². The van der Waals surface area contributed by atoms with Crippen LogP contribution >= 0.6 is 0 Å². The van der Waals surface area contributed by atoms with Gasteiger partial charge in [-0.1, -0.05) is 19.1 Å². The van der Waals surface area contributed by atoms with Crippen molar-refractivity contribution in [3.8, 4) is 5.75 Å². The Morgan fingerprint density at radius 3 is 2.09 bits per heavy atom. The zero-order valence-electron chi connectivity index (χ0n) is 14.2. The van der Waals surface area contributed by atoms with E-state index in [0.29, 0.717) is 5.75 Å². The second kappa shape index (κ2) is 7.46. The fourth-order valence-corrected chi connectivity index (χ4v) is 2.24. The van der Waals surface area contributed by atoms with Crippen LogP contribution in [0.5, 0.6) is 5.75 Å². The maximum absolute atomic E-state index is 12.2. The van der Waals surface area contributed by atoms with E-state index in [-0.39, 0.29) is 0 Å². The number of carbonyl (C=O) groups excluding carboxylic acids is 1. The first-order valence-electron chi connectivity index (χ1n) is 7.42. The Balaban J connectivity index is 2.97. The lowest BCUT2D eigenvalue weighted by atomic mass is 9.84. The molecule has 1 aromatic carbocycles. The van der Waals surface area contributed by atoms with Crippen LogP contribution in [0.3, 0.4) is 0 Å². The summed E-state index contributed by atoms with van der Waals surface area (Å²) < 4.78 is 10.3. The summed E-state index contributed by atoms with van der Waals surface area (Å²) >= 11 is 0. The largest absolute Gasteiger partial charge is 0.497 e. The van der Waals surface area contributed by atoms with Crippen molar-refractivity contribution in [2.45, 2.75) is 39.3 Å². The maximum atomic E-state index is 12.2. The number of rotatable bonds is 6. The van der Waals surface area contributed by atoms with E-state index in [9.17, 15) is 14.7 Å². The van der Waals surface area contributed by atoms with E-state index in [2.05, 4.69) is 0 Å². The zero-order valence-corrected chi connectivity index (χ0v) is 14.2. The van der Waals surface area contributed by atoms with Crippen LogP contribution in [0, 0.1) is 11.8 Å². The van der Waals surface area contributed by atoms with E-state index >= 15 is 0 Å². The summed E-state index contributed by atoms with van der Waals surface area (Å²) in [5.41, 5.74) is 6.13. The summed E-state index contributed by atoms with van der Waals surface area (Å²) in [5, 5.41) is 9.41. The van der Waals surface area contributed by atoms with E-state index in [0.717, 1.165) is 5.56 Å². The summed E-state index contributed by atoms with van der Waals surface area (Å²) in [4.78, 5) is 23.7. The minimum atomic E-state index is -1.33. The molecule has 0 fully saturated rings. The molecule has 3 unspecified atom stereocenters. The van der Waals surface area contributed by atoms with E-state index in [4.69, 9.17) is 15.2 Å². The van der Waals surface area contributed by atoms with Gasteiger partial charge >= 0.3 is 11.9 Å². The van der Waals surface area contributed by atoms with Gasteiger partial charge in [0.1, 0.15) is 11.4 Å². The van der Waals surface area contributed by atoms with Crippen LogP contribution in [0.15, 0.2) is 24.3 Å². The number of carbonyl (C=O) groups is 2. The SMILES string of the molecule is COc1ccc(C(N)C(C)C(C(=O)O)C(=O)OC(C)(C)C)cc1. The molecular formula is C17H25NO5. The van der Waals surface area contributed by atoms with E-state index in [1.165, 1.54) is 0 Å². The zero-order chi connectivity index (χ0) is 17.8. The van der Waals surface area contributed by atoms with Crippen LogP contribution < -0.4 is 10.5 Å². The molecule has 0 aliphatic carbocycles. The molecule has 0 heterocycles. The highest BCUT2D eigenvalue weighted by atomic mass is 16.6. The molecule has 128 valence electrons. The molecule has 0 bridgehead atoms. The third-order valence-corrected chi connectivity index (χ3v) is 3.52. The molecule has 0 saturated carbocycles. The van der Waals surface area contributed by atoms with Gasteiger partial charge in [-0.05, 0) is 44.4 Å². The highest BCUT2D eigenvalue weighted by Gasteiger charge is 2.38. The molecule has 0 aliphatic rings. The number of esters is 1. The van der Waals surface area contributed by atoms with Gasteiger partial charge < -0.3 is 20.3 Å². The quantitative estimate of drug-likeness (QED) is 0.616. The van der Waals surface area contributed by atoms with E-state index < -0.39 is 35.4 Å². The van der Waals surface area contributed by atoms with Gasteiger partial charge in [0, 0.05) is 6.04 Å². The van der Waals surface area contributed by atoms with Crippen LogP contribution in [-0.2, 0) is 14.3 Å². The van der Waals surface area contributed by atoms with Gasteiger partial charge in [0.15, 0.2) is 5.92 Å². The molecule has 1 rings (SSSR count). The fourth-order valence-electron chi connectivity index (χ4n) is 2.24. The van der Waals surface area contributed by atoms with Crippen LogP contribution in [0.25, 0.3) is 0 Å². The highest BCUT2D eigenvalue weighted by Crippen LogP contribution is 2.29. The van der Waals surface area contributed by atoms with Crippen molar-refractivity contribution in [3.63, 3.8) is 0 Å². The Morgan fingerprint density at radius 2 is 1.70 bits per heavy atom. The van der Waals surface area contributed by atoms with Gasteiger partial charge in [-0.25, -0.2) is 0 Å². The number of aliphatic carboxylic acids is 1. The molecule has 23 heavy (non-hydrogen) atoms. The van der Waals surface area contributed by atoms with Crippen LogP contribution in [-0.4, -0.2) is 29.8 Å². The normalized spacial score (nSPS) is 15.4. The summed E-state index contributed by atoms with van der Waals surface area (Å²) in [6.45, 7) is 6.71. The highest BCUT2D eigenvalue weighted by molar-refractivity contribution is 5.94. The molecule has 3 atom stereocenters. The standard InChI is InChI=1S/C17H25NO5/c1-10(13(15(19)20)16(21)23-17(2,3)4)14(18)11-6-8-12(22-5)9-7-11/h6-10,13-14H,18H2,1-5H3,(H,19,20). The van der Waals surface area contributed by atoms with E-state index in [1.54, 1.807) is 59.1 Å². The van der Waals surface area contributed by atoms with Crippen molar-refractivity contribution in [2.75, 3.05) is 7.11 Å². The van der Waals surface area contributed by atoms with Gasteiger partial charge in [-0.2, -0.15) is 0 Å². The first kappa shape index (κ1) is 19.0. The predicted octanol–water partition coefficient (Wildman–Crippen LogP) is 2.37. The van der Waals surface area contributed by atoms with Crippen LogP contribution in [0.4, 0.5) is 0 Å². The number of ether oxygens (including phenoxy) is 2. The van der Waals surface area contributed by atoms with Crippen LogP contribution in [0.2, 0.25) is 0 Å². The average Bonchev–Trinajstić information content (AvgIpc) is 2.44. The monoisotopic (exact) mass is 323 g/mol.